The molecular formula is C10H13BrOZn. The second-order valence-corrected chi connectivity index (χ2v) is 3.45. The average Bonchev–Trinajstić information content (AvgIpc) is 2.07. The molecule has 0 N–H and O–H groups in total. The normalized spacial score (nSPS) is 10.0. The van der Waals surface area contributed by atoms with Crippen molar-refractivity contribution >= 4 is 13.6 Å². The zero-order valence-electron chi connectivity index (χ0n) is 8.30. The summed E-state index contributed by atoms with van der Waals surface area (Å²) in [7, 11) is 0. The molecule has 0 spiro atoms. The van der Waals surface area contributed by atoms with E-state index in [2.05, 4.69) is 19.7 Å². The maximum atomic E-state index is 5.57. The van der Waals surface area contributed by atoms with E-state index >= 15 is 0 Å². The molecule has 68 valence electrons. The van der Waals surface area contributed by atoms with Gasteiger partial charge in [0.05, 0.1) is 5.60 Å². The molecule has 0 bridgehead atoms. The summed E-state index contributed by atoms with van der Waals surface area (Å²) in [6.45, 7) is 6.08. The van der Waals surface area contributed by atoms with Gasteiger partial charge in [0.1, 0.15) is 0 Å². The van der Waals surface area contributed by atoms with Gasteiger partial charge in [-0.25, -0.2) is 0 Å². The first-order valence-corrected chi connectivity index (χ1v) is 10.9. The van der Waals surface area contributed by atoms with E-state index in [1.807, 2.05) is 45.0 Å². The van der Waals surface area contributed by atoms with Crippen LogP contribution < -0.4 is 4.74 Å². The Bertz CT molecular complexity index is 218. The Kier molecular flexibility index (Phi) is 6.62. The van der Waals surface area contributed by atoms with Gasteiger partial charge in [0, 0.05) is 5.75 Å². The van der Waals surface area contributed by atoms with Gasteiger partial charge in [0.25, 0.3) is 0 Å². The number of benzene rings is 1. The Hall–Kier alpha value is 0.123. The molecular weight excluding hydrogens is 281 g/mol. The van der Waals surface area contributed by atoms with Crippen molar-refractivity contribution in [2.24, 2.45) is 0 Å². The van der Waals surface area contributed by atoms with Crippen LogP contribution in [0.4, 0.5) is 0 Å². The van der Waals surface area contributed by atoms with Crippen molar-refractivity contribution in [3.63, 3.8) is 0 Å². The molecule has 0 amide bonds. The molecule has 3 heteroatoms. The van der Waals surface area contributed by atoms with E-state index in [0.717, 1.165) is 5.75 Å². The van der Waals surface area contributed by atoms with Gasteiger partial charge in [-0.1, -0.05) is 0 Å². The van der Waals surface area contributed by atoms with Crippen molar-refractivity contribution in [3.05, 3.63) is 30.3 Å². The van der Waals surface area contributed by atoms with E-state index in [4.69, 9.17) is 4.74 Å². The second-order valence-electron chi connectivity index (χ2n) is 3.45. The number of hydrogen-bond donors (Lipinski definition) is 0. The summed E-state index contributed by atoms with van der Waals surface area (Å²) in [6.07, 6.45) is 0. The van der Waals surface area contributed by atoms with Crippen LogP contribution in [0.15, 0.2) is 24.3 Å². The third-order valence-corrected chi connectivity index (χ3v) is 1.10. The fraction of sp³-hybridized carbons (Fsp3) is 0.400. The molecule has 1 rings (SSSR count). The summed E-state index contributed by atoms with van der Waals surface area (Å²) in [5.74, 6) is 0.875. The summed E-state index contributed by atoms with van der Waals surface area (Å²) in [4.78, 5) is 0. The van der Waals surface area contributed by atoms with E-state index < -0.39 is 0 Å². The third kappa shape index (κ3) is 7.21. The summed E-state index contributed by atoms with van der Waals surface area (Å²) in [5, 5.41) is 0. The average molecular weight is 295 g/mol. The second kappa shape index (κ2) is 6.56. The van der Waals surface area contributed by atoms with Crippen LogP contribution in [-0.4, -0.2) is 5.60 Å². The molecule has 0 radical (unpaired) electrons. The molecule has 0 atom stereocenters. The van der Waals surface area contributed by atoms with Crippen molar-refractivity contribution in [2.75, 3.05) is 0 Å². The zero-order valence-corrected chi connectivity index (χ0v) is 12.9. The topological polar surface area (TPSA) is 9.23 Å². The van der Waals surface area contributed by atoms with Gasteiger partial charge in [0.2, 0.25) is 0 Å². The number of halogens is 1. The standard InChI is InChI=1S/C10H13O.BrH.Zn/c1-10(2,3)11-9-7-5-4-6-8-9;;/h4-5,7-8H,1-3H3;1H;/q-1;;+2/p-1. The number of hydrogen-bond acceptors (Lipinski definition) is 1. The van der Waals surface area contributed by atoms with Gasteiger partial charge in [-0.05, 0) is 20.8 Å². The summed E-state index contributed by atoms with van der Waals surface area (Å²) in [5.41, 5.74) is -0.116. The molecule has 0 saturated carbocycles. The Morgan fingerprint density at radius 1 is 1.38 bits per heavy atom. The van der Waals surface area contributed by atoms with Crippen molar-refractivity contribution in [1.82, 2.24) is 0 Å². The molecule has 13 heavy (non-hydrogen) atoms. The van der Waals surface area contributed by atoms with Gasteiger partial charge in [-0.2, -0.15) is 18.2 Å². The third-order valence-electron chi connectivity index (χ3n) is 1.10. The molecule has 0 aliphatic heterocycles. The zero-order chi connectivity index (χ0) is 10.3. The van der Waals surface area contributed by atoms with E-state index in [1.165, 1.54) is 16.3 Å². The van der Waals surface area contributed by atoms with Gasteiger partial charge >= 0.3 is 30.0 Å². The van der Waals surface area contributed by atoms with Crippen LogP contribution in [0, 0.1) is 6.07 Å². The molecule has 1 aromatic rings. The molecule has 0 aliphatic rings. The quantitative estimate of drug-likeness (QED) is 0.569. The Labute approximate surface area is 96.9 Å². The van der Waals surface area contributed by atoms with E-state index in [9.17, 15) is 0 Å². The summed E-state index contributed by atoms with van der Waals surface area (Å²) in [6, 6.07) is 10.5. The first kappa shape index (κ1) is 13.1. The maximum absolute atomic E-state index is 5.57. The number of ether oxygens (including phenoxy) is 1. The van der Waals surface area contributed by atoms with Crippen molar-refractivity contribution in [2.45, 2.75) is 26.4 Å². The Morgan fingerprint density at radius 3 is 2.38 bits per heavy atom. The molecule has 0 unspecified atom stereocenters. The van der Waals surface area contributed by atoms with Crippen LogP contribution in [-0.2, 0) is 16.3 Å². The molecule has 0 fully saturated rings. The number of rotatable bonds is 1. The summed E-state index contributed by atoms with van der Waals surface area (Å²) >= 11 is 4.25. The van der Waals surface area contributed by atoms with Crippen molar-refractivity contribution in [3.8, 4) is 5.75 Å². The van der Waals surface area contributed by atoms with Crippen LogP contribution in [0.2, 0.25) is 0 Å². The first-order chi connectivity index (χ1) is 6.08. The SMILES string of the molecule is CC(C)(C)Oc1c[c-]ccc1.[Zn+][Br]. The van der Waals surface area contributed by atoms with Crippen LogP contribution in [0.5, 0.6) is 5.75 Å². The molecule has 0 heterocycles. The van der Waals surface area contributed by atoms with Crippen LogP contribution in [0.3, 0.4) is 0 Å². The Balaban J connectivity index is 0.000000671. The molecule has 0 aliphatic carbocycles. The van der Waals surface area contributed by atoms with Crippen molar-refractivity contribution < 1.29 is 21.1 Å². The van der Waals surface area contributed by atoms with Gasteiger partial charge in [-0.15, -0.1) is 12.1 Å². The van der Waals surface area contributed by atoms with Crippen LogP contribution in [0.25, 0.3) is 0 Å². The van der Waals surface area contributed by atoms with E-state index in [0.29, 0.717) is 0 Å². The van der Waals surface area contributed by atoms with Crippen molar-refractivity contribution in [1.29, 1.82) is 0 Å². The minimum atomic E-state index is -0.116. The molecule has 0 aromatic heterocycles. The van der Waals surface area contributed by atoms with E-state index in [-0.39, 0.29) is 5.60 Å². The first-order valence-electron chi connectivity index (χ1n) is 4.00. The van der Waals surface area contributed by atoms with E-state index in [1.54, 1.807) is 0 Å². The predicted octanol–water partition coefficient (Wildman–Crippen LogP) is 3.51. The van der Waals surface area contributed by atoms with Crippen LogP contribution >= 0.6 is 13.6 Å². The van der Waals surface area contributed by atoms with Gasteiger partial charge in [-0.3, -0.25) is 0 Å². The van der Waals surface area contributed by atoms with Crippen LogP contribution in [0.1, 0.15) is 20.8 Å². The predicted molar refractivity (Wildman–Crippen MR) is 54.6 cm³/mol. The Morgan fingerprint density at radius 2 is 2.00 bits per heavy atom. The molecule has 1 aromatic carbocycles. The van der Waals surface area contributed by atoms with Gasteiger partial charge < -0.3 is 4.74 Å². The summed E-state index contributed by atoms with van der Waals surface area (Å²) < 4.78 is 5.57. The fourth-order valence-electron chi connectivity index (χ4n) is 0.794. The monoisotopic (exact) mass is 292 g/mol. The van der Waals surface area contributed by atoms with Gasteiger partial charge in [0.15, 0.2) is 0 Å². The fourth-order valence-corrected chi connectivity index (χ4v) is 0.794. The molecule has 0 saturated heterocycles. The molecule has 1 nitrogen and oxygen atoms in total. The minimum absolute atomic E-state index is 0.116.